The number of β-lactam (4-membered cyclic amide) rings is 1. The Morgan fingerprint density at radius 1 is 0.944 bits per heavy atom. The van der Waals surface area contributed by atoms with Gasteiger partial charge < -0.3 is 50.2 Å². The first kappa shape index (κ1) is 41.9. The molecule has 2 aromatic carbocycles. The number of benzene rings is 2. The predicted octanol–water partition coefficient (Wildman–Crippen LogP) is -4.56. The standard InChI is InChI=1S/C33H35N5O14S.Na/c1-15(40)51-22-8-6-18(12-23(22)52-16(2)41)24(25(44)35-33(30(48)49)32(3,4)53-29-19(14-39)26(45)38(29)33)34-31(50)37-10-9-36(27(46)28(37)47)13-17-5-7-20(42)21(43)11-17;/h5-8,11-12,19,24,29,39,42-43H,9-10,13-14H2,1-4H3,(H,34,50)(H,35,44)(H,48,49);/q;+1/p-1/t19-,24?,29-,33+;/m1./s1. The van der Waals surface area contributed by atoms with E-state index < -0.39 is 93.4 Å². The summed E-state index contributed by atoms with van der Waals surface area (Å²) in [7, 11) is 0. The first-order valence-corrected chi connectivity index (χ1v) is 16.8. The molecule has 282 valence electrons. The van der Waals surface area contributed by atoms with E-state index in [0.29, 0.717) is 10.5 Å². The van der Waals surface area contributed by atoms with Crippen LogP contribution in [0.3, 0.4) is 0 Å². The van der Waals surface area contributed by atoms with Crippen LogP contribution in [-0.4, -0.2) is 113 Å². The molecule has 3 aliphatic heterocycles. The number of aromatic hydroxyl groups is 2. The van der Waals surface area contributed by atoms with Crippen molar-refractivity contribution in [2.45, 2.75) is 56.1 Å². The molecule has 0 aliphatic carbocycles. The van der Waals surface area contributed by atoms with Crippen LogP contribution in [0.5, 0.6) is 23.0 Å². The van der Waals surface area contributed by atoms with Gasteiger partial charge in [0.1, 0.15) is 6.04 Å². The Labute approximate surface area is 333 Å². The van der Waals surface area contributed by atoms with Gasteiger partial charge in [-0.15, -0.1) is 11.8 Å². The Bertz CT molecular complexity index is 1940. The van der Waals surface area contributed by atoms with Gasteiger partial charge in [0.25, 0.3) is 0 Å². The number of phenols is 2. The van der Waals surface area contributed by atoms with Crippen molar-refractivity contribution in [1.29, 1.82) is 0 Å². The zero-order chi connectivity index (χ0) is 39.2. The second-order valence-corrected chi connectivity index (χ2v) is 14.5. The van der Waals surface area contributed by atoms with Crippen molar-refractivity contribution in [2.24, 2.45) is 5.92 Å². The fourth-order valence-corrected chi connectivity index (χ4v) is 8.04. The monoisotopic (exact) mass is 779 g/mol. The number of fused-ring (bicyclic) bond motifs is 1. The molecule has 3 saturated heterocycles. The van der Waals surface area contributed by atoms with Crippen molar-refractivity contribution in [1.82, 2.24) is 25.3 Å². The number of hydrogen-bond donors (Lipinski definition) is 5. The minimum atomic E-state index is -2.53. The third-order valence-electron chi connectivity index (χ3n) is 8.90. The van der Waals surface area contributed by atoms with Crippen molar-refractivity contribution in [2.75, 3.05) is 19.7 Å². The summed E-state index contributed by atoms with van der Waals surface area (Å²) in [6.45, 7) is 3.64. The van der Waals surface area contributed by atoms with Gasteiger partial charge >= 0.3 is 59.3 Å². The number of nitrogens with zero attached hydrogens (tertiary/aromatic N) is 3. The molecule has 19 nitrogen and oxygen atoms in total. The van der Waals surface area contributed by atoms with Crippen LogP contribution in [0, 0.1) is 5.92 Å². The van der Waals surface area contributed by atoms with E-state index in [1.165, 1.54) is 38.1 Å². The van der Waals surface area contributed by atoms with E-state index in [1.54, 1.807) is 0 Å². The van der Waals surface area contributed by atoms with Gasteiger partial charge in [0.15, 0.2) is 28.7 Å². The maximum atomic E-state index is 14.3. The molecule has 54 heavy (non-hydrogen) atoms. The molecule has 0 saturated carbocycles. The van der Waals surface area contributed by atoms with Gasteiger partial charge in [0.2, 0.25) is 11.8 Å². The molecule has 1 unspecified atom stereocenters. The molecular weight excluding hydrogens is 745 g/mol. The molecule has 4 atom stereocenters. The number of ether oxygens (including phenoxy) is 2. The number of aliphatic hydroxyl groups excluding tert-OH is 1. The number of thioether (sulfide) groups is 1. The van der Waals surface area contributed by atoms with E-state index in [1.807, 2.05) is 0 Å². The molecule has 5 N–H and O–H groups in total. The maximum Gasteiger partial charge on any atom is 1.00 e. The average Bonchev–Trinajstić information content (AvgIpc) is 3.27. The second-order valence-electron chi connectivity index (χ2n) is 12.8. The second kappa shape index (κ2) is 15.8. The molecule has 0 radical (unpaired) electrons. The summed E-state index contributed by atoms with van der Waals surface area (Å²) < 4.78 is 8.76. The Hall–Kier alpha value is -4.89. The van der Waals surface area contributed by atoms with Crippen LogP contribution in [0.2, 0.25) is 0 Å². The third-order valence-corrected chi connectivity index (χ3v) is 10.6. The summed E-state index contributed by atoms with van der Waals surface area (Å²) in [6, 6.07) is 3.94. The number of esters is 2. The van der Waals surface area contributed by atoms with Crippen molar-refractivity contribution in [3.8, 4) is 23.0 Å². The number of carboxylic acids is 1. The molecule has 3 heterocycles. The molecule has 0 aromatic heterocycles. The topological polar surface area (TPSA) is 273 Å². The van der Waals surface area contributed by atoms with Gasteiger partial charge in [0, 0.05) is 33.5 Å². The number of hydrogen-bond acceptors (Lipinski definition) is 15. The van der Waals surface area contributed by atoms with Crippen LogP contribution < -0.4 is 54.8 Å². The van der Waals surface area contributed by atoms with Crippen molar-refractivity contribution < 1.29 is 97.8 Å². The van der Waals surface area contributed by atoms with Crippen molar-refractivity contribution >= 4 is 59.3 Å². The van der Waals surface area contributed by atoms with E-state index in [2.05, 4.69) is 10.6 Å². The number of aliphatic carboxylic acids is 1. The van der Waals surface area contributed by atoms with Crippen LogP contribution >= 0.6 is 11.8 Å². The van der Waals surface area contributed by atoms with Crippen LogP contribution in [-0.2, 0) is 40.1 Å². The first-order valence-electron chi connectivity index (χ1n) is 15.9. The molecule has 6 amide bonds. The number of carbonyl (C=O) groups is 8. The number of piperazine rings is 1. The third kappa shape index (κ3) is 7.56. The van der Waals surface area contributed by atoms with Gasteiger partial charge in [-0.05, 0) is 49.2 Å². The molecular formula is C33H34N5NaO14S. The number of rotatable bonds is 10. The summed E-state index contributed by atoms with van der Waals surface area (Å²) in [5.74, 6) is -10.5. The number of urea groups is 1. The molecule has 3 fully saturated rings. The van der Waals surface area contributed by atoms with Gasteiger partial charge in [-0.25, -0.2) is 4.79 Å². The summed E-state index contributed by atoms with van der Waals surface area (Å²) >= 11 is 0.990. The van der Waals surface area contributed by atoms with Crippen LogP contribution in [0.1, 0.15) is 44.9 Å². The number of carbonyl (C=O) groups excluding carboxylic acids is 8. The van der Waals surface area contributed by atoms with E-state index in [-0.39, 0.29) is 66.3 Å². The Morgan fingerprint density at radius 3 is 2.19 bits per heavy atom. The fraction of sp³-hybridized carbons (Fsp3) is 0.394. The number of amides is 6. The predicted molar refractivity (Wildman–Crippen MR) is 176 cm³/mol. The Balaban J connectivity index is 0.00000650. The number of imide groups is 1. The summed E-state index contributed by atoms with van der Waals surface area (Å²) in [4.78, 5) is 106. The Morgan fingerprint density at radius 2 is 1.59 bits per heavy atom. The molecule has 0 bridgehead atoms. The van der Waals surface area contributed by atoms with Crippen molar-refractivity contribution in [3.05, 3.63) is 47.5 Å². The van der Waals surface area contributed by atoms with Gasteiger partial charge in [-0.2, -0.15) is 0 Å². The minimum Gasteiger partial charge on any atom is -0.545 e. The van der Waals surface area contributed by atoms with Crippen LogP contribution in [0.15, 0.2) is 36.4 Å². The largest absolute Gasteiger partial charge is 1.00 e. The zero-order valence-electron chi connectivity index (χ0n) is 29.6. The normalized spacial score (nSPS) is 21.9. The number of nitrogens with one attached hydrogen (secondary N) is 2. The van der Waals surface area contributed by atoms with Gasteiger partial charge in [0.05, 0.1) is 28.6 Å². The number of phenolic OH excluding ortho intramolecular Hbond substituents is 2. The molecule has 2 aromatic rings. The van der Waals surface area contributed by atoms with E-state index in [0.717, 1.165) is 47.5 Å². The summed E-state index contributed by atoms with van der Waals surface area (Å²) in [6.07, 6.45) is 0. The van der Waals surface area contributed by atoms with E-state index in [4.69, 9.17) is 9.47 Å². The van der Waals surface area contributed by atoms with E-state index >= 15 is 0 Å². The van der Waals surface area contributed by atoms with Crippen molar-refractivity contribution in [3.63, 3.8) is 0 Å². The molecule has 21 heteroatoms. The number of aliphatic hydroxyl groups is 1. The average molecular weight is 780 g/mol. The fourth-order valence-electron chi connectivity index (χ4n) is 6.30. The van der Waals surface area contributed by atoms with E-state index in [9.17, 15) is 58.8 Å². The first-order chi connectivity index (χ1) is 24.8. The molecule has 0 spiro atoms. The van der Waals surface area contributed by atoms with Gasteiger partial charge in [-0.1, -0.05) is 12.1 Å². The number of carboxylic acid groups (broad SMARTS) is 1. The summed E-state index contributed by atoms with van der Waals surface area (Å²) in [5, 5.41) is 45.8. The Kier molecular flexibility index (Phi) is 12.3. The van der Waals surface area contributed by atoms with Crippen LogP contribution in [0.4, 0.5) is 4.79 Å². The molecule has 5 rings (SSSR count). The molecule has 3 aliphatic rings. The quantitative estimate of drug-likeness (QED) is 0.0379. The maximum absolute atomic E-state index is 14.3. The van der Waals surface area contributed by atoms with Crippen LogP contribution in [0.25, 0.3) is 0 Å². The smallest absolute Gasteiger partial charge is 0.545 e. The van der Waals surface area contributed by atoms with Gasteiger partial charge in [-0.3, -0.25) is 38.6 Å². The summed E-state index contributed by atoms with van der Waals surface area (Å²) in [5.41, 5.74) is -2.36. The minimum absolute atomic E-state index is 0. The SMILES string of the molecule is CC(=O)Oc1ccc(C(NC(=O)N2CCN(Cc3ccc(O)c(O)c3)C(=O)C2=O)C(=O)N[C@@]2(C(=O)[O-])N3C(=O)[C@@H](CO)[C@H]3SC2(C)C)cc1OC(C)=O.[Na+]. The zero-order valence-corrected chi connectivity index (χ0v) is 32.4.